The number of hydrogen-bond donors (Lipinski definition) is 0. The number of rotatable bonds is 61. The average molecular weight is 1110 g/mol. The van der Waals surface area contributed by atoms with Crippen LogP contribution in [0.3, 0.4) is 0 Å². The molecular formula is C74H126O6. The molecule has 0 radical (unpaired) electrons. The molecule has 0 saturated carbocycles. The highest BCUT2D eigenvalue weighted by Crippen LogP contribution is 2.17. The van der Waals surface area contributed by atoms with Gasteiger partial charge < -0.3 is 14.2 Å². The molecule has 6 heteroatoms. The largest absolute Gasteiger partial charge is 0.462 e. The minimum atomic E-state index is -0.782. The number of hydrogen-bond acceptors (Lipinski definition) is 6. The van der Waals surface area contributed by atoms with Crippen LogP contribution in [0.5, 0.6) is 0 Å². The van der Waals surface area contributed by atoms with Gasteiger partial charge in [0.25, 0.3) is 0 Å². The molecule has 0 fully saturated rings. The molecule has 0 aromatic rings. The molecule has 0 rings (SSSR count). The molecule has 0 bridgehead atoms. The smallest absolute Gasteiger partial charge is 0.306 e. The molecule has 0 aromatic heterocycles. The van der Waals surface area contributed by atoms with Gasteiger partial charge in [0.2, 0.25) is 0 Å². The summed E-state index contributed by atoms with van der Waals surface area (Å²) < 4.78 is 16.9. The van der Waals surface area contributed by atoms with Crippen LogP contribution in [0.1, 0.15) is 323 Å². The van der Waals surface area contributed by atoms with E-state index in [1.54, 1.807) is 0 Å². The Labute approximate surface area is 495 Å². The fourth-order valence-corrected chi connectivity index (χ4v) is 9.52. The van der Waals surface area contributed by atoms with Crippen molar-refractivity contribution in [1.29, 1.82) is 0 Å². The summed E-state index contributed by atoms with van der Waals surface area (Å²) in [6.07, 6.45) is 92.6. The average Bonchev–Trinajstić information content (AvgIpc) is 3.46. The first-order chi connectivity index (χ1) is 39.5. The maximum atomic E-state index is 12.9. The van der Waals surface area contributed by atoms with Crippen molar-refractivity contribution < 1.29 is 28.6 Å². The highest BCUT2D eigenvalue weighted by molar-refractivity contribution is 5.71. The van der Waals surface area contributed by atoms with Crippen LogP contribution >= 0.6 is 0 Å². The van der Waals surface area contributed by atoms with E-state index < -0.39 is 6.10 Å². The summed E-state index contributed by atoms with van der Waals surface area (Å²) in [5.41, 5.74) is 0. The molecule has 0 heterocycles. The topological polar surface area (TPSA) is 78.9 Å². The zero-order valence-corrected chi connectivity index (χ0v) is 52.6. The van der Waals surface area contributed by atoms with Crippen LogP contribution in [0.25, 0.3) is 0 Å². The van der Waals surface area contributed by atoms with Gasteiger partial charge >= 0.3 is 17.9 Å². The Balaban J connectivity index is 4.18. The van der Waals surface area contributed by atoms with E-state index in [9.17, 15) is 14.4 Å². The van der Waals surface area contributed by atoms with E-state index in [1.807, 2.05) is 0 Å². The van der Waals surface area contributed by atoms with Crippen LogP contribution in [0.4, 0.5) is 0 Å². The summed E-state index contributed by atoms with van der Waals surface area (Å²) in [5.74, 6) is -0.876. The van der Waals surface area contributed by atoms with Crippen molar-refractivity contribution in [1.82, 2.24) is 0 Å². The Bertz CT molecular complexity index is 1610. The summed E-state index contributed by atoms with van der Waals surface area (Å²) >= 11 is 0. The SMILES string of the molecule is CC/C=C\C/C=C\C/C=C\C/C=C\C/C=C\CCCCCCCCCCCCCCCCCC(=O)OCC(COC(=O)CCCCCCCCCCCC)OC(=O)CCCCCCCCCC/C=C\C/C=C\C/C=C\C/C=C\CC. The quantitative estimate of drug-likeness (QED) is 0.0261. The van der Waals surface area contributed by atoms with E-state index in [-0.39, 0.29) is 31.1 Å². The van der Waals surface area contributed by atoms with E-state index in [0.717, 1.165) is 122 Å². The number of unbranched alkanes of at least 4 members (excludes halogenated alkanes) is 32. The molecule has 80 heavy (non-hydrogen) atoms. The molecule has 1 atom stereocenters. The molecule has 0 amide bonds. The molecule has 0 saturated heterocycles. The van der Waals surface area contributed by atoms with Gasteiger partial charge in [0.05, 0.1) is 0 Å². The summed E-state index contributed by atoms with van der Waals surface area (Å²) in [6.45, 7) is 6.42. The van der Waals surface area contributed by atoms with E-state index in [2.05, 4.69) is 130 Å². The van der Waals surface area contributed by atoms with Gasteiger partial charge in [-0.15, -0.1) is 0 Å². The molecule has 6 nitrogen and oxygen atoms in total. The van der Waals surface area contributed by atoms with Crippen molar-refractivity contribution >= 4 is 17.9 Å². The predicted octanol–water partition coefficient (Wildman–Crippen LogP) is 23.4. The minimum Gasteiger partial charge on any atom is -0.462 e. The van der Waals surface area contributed by atoms with E-state index >= 15 is 0 Å². The number of ether oxygens (including phenoxy) is 3. The zero-order valence-electron chi connectivity index (χ0n) is 52.6. The molecule has 0 aliphatic rings. The Morgan fingerprint density at radius 2 is 0.487 bits per heavy atom. The van der Waals surface area contributed by atoms with Gasteiger partial charge in [-0.3, -0.25) is 14.4 Å². The van der Waals surface area contributed by atoms with Crippen molar-refractivity contribution in [3.8, 4) is 0 Å². The molecule has 0 N–H and O–H groups in total. The standard InChI is InChI=1S/C74H126O6/c1-4-7-10-13-16-19-22-24-26-28-30-32-33-34-35-36-37-38-39-40-41-43-44-46-48-50-52-55-58-61-64-67-73(76)79-70-71(69-78-72(75)66-63-60-57-54-21-18-15-12-9-6-3)80-74(77)68-65-62-59-56-53-51-49-47-45-42-31-29-27-25-23-20-17-14-11-8-5-2/h7-8,10-11,16-17,19-20,24-27,30-32,34-35,42,71H,4-6,9,12-15,18,21-23,28-29,33,36-41,43-70H2,1-3H3/b10-7-,11-8-,19-16-,20-17-,26-24-,27-25-,32-30-,35-34-,42-31-. The first kappa shape index (κ1) is 76.1. The number of esters is 3. The second-order valence-corrected chi connectivity index (χ2v) is 22.3. The van der Waals surface area contributed by atoms with E-state index in [4.69, 9.17) is 14.2 Å². The van der Waals surface area contributed by atoms with Gasteiger partial charge in [0, 0.05) is 19.3 Å². The maximum absolute atomic E-state index is 12.9. The second kappa shape index (κ2) is 67.6. The predicted molar refractivity (Wildman–Crippen MR) is 348 cm³/mol. The van der Waals surface area contributed by atoms with E-state index in [1.165, 1.54) is 161 Å². The Kier molecular flexibility index (Phi) is 64.3. The number of allylic oxidation sites excluding steroid dienone is 18. The van der Waals surface area contributed by atoms with Crippen LogP contribution in [-0.4, -0.2) is 37.2 Å². The summed E-state index contributed by atoms with van der Waals surface area (Å²) in [6, 6.07) is 0. The van der Waals surface area contributed by atoms with Crippen molar-refractivity contribution in [2.45, 2.75) is 329 Å². The van der Waals surface area contributed by atoms with Crippen molar-refractivity contribution in [3.05, 3.63) is 109 Å². The third-order valence-electron chi connectivity index (χ3n) is 14.5. The number of carbonyl (C=O) groups is 3. The highest BCUT2D eigenvalue weighted by Gasteiger charge is 2.19. The molecule has 0 aliphatic carbocycles. The molecule has 0 spiro atoms. The van der Waals surface area contributed by atoms with Crippen molar-refractivity contribution in [2.24, 2.45) is 0 Å². The highest BCUT2D eigenvalue weighted by atomic mass is 16.6. The normalized spacial score (nSPS) is 12.8. The Hall–Kier alpha value is -3.93. The van der Waals surface area contributed by atoms with Crippen molar-refractivity contribution in [3.63, 3.8) is 0 Å². The van der Waals surface area contributed by atoms with Crippen LogP contribution in [0.2, 0.25) is 0 Å². The Morgan fingerprint density at radius 1 is 0.263 bits per heavy atom. The molecular weight excluding hydrogens is 985 g/mol. The van der Waals surface area contributed by atoms with Gasteiger partial charge in [-0.2, -0.15) is 0 Å². The number of carbonyl (C=O) groups excluding carboxylic acids is 3. The summed E-state index contributed by atoms with van der Waals surface area (Å²) in [7, 11) is 0. The van der Waals surface area contributed by atoms with Gasteiger partial charge in [0.1, 0.15) is 13.2 Å². The summed E-state index contributed by atoms with van der Waals surface area (Å²) in [5, 5.41) is 0. The lowest BCUT2D eigenvalue weighted by Crippen LogP contribution is -2.30. The van der Waals surface area contributed by atoms with Crippen LogP contribution < -0.4 is 0 Å². The molecule has 458 valence electrons. The second-order valence-electron chi connectivity index (χ2n) is 22.3. The monoisotopic (exact) mass is 1110 g/mol. The fourth-order valence-electron chi connectivity index (χ4n) is 9.52. The molecule has 0 aliphatic heterocycles. The first-order valence-corrected chi connectivity index (χ1v) is 33.9. The van der Waals surface area contributed by atoms with Gasteiger partial charge in [0.15, 0.2) is 6.10 Å². The lowest BCUT2D eigenvalue weighted by molar-refractivity contribution is -0.167. The molecule has 1 unspecified atom stereocenters. The minimum absolute atomic E-state index is 0.0780. The zero-order chi connectivity index (χ0) is 57.8. The lowest BCUT2D eigenvalue weighted by atomic mass is 10.0. The van der Waals surface area contributed by atoms with Crippen LogP contribution in [0, 0.1) is 0 Å². The van der Waals surface area contributed by atoms with Gasteiger partial charge in [-0.1, -0.05) is 310 Å². The third kappa shape index (κ3) is 64.9. The first-order valence-electron chi connectivity index (χ1n) is 33.9. The van der Waals surface area contributed by atoms with Crippen LogP contribution in [0.15, 0.2) is 109 Å². The van der Waals surface area contributed by atoms with Crippen molar-refractivity contribution in [2.75, 3.05) is 13.2 Å². The van der Waals surface area contributed by atoms with Gasteiger partial charge in [-0.05, 0) is 103 Å². The lowest BCUT2D eigenvalue weighted by Gasteiger charge is -2.18. The maximum Gasteiger partial charge on any atom is 0.306 e. The van der Waals surface area contributed by atoms with Gasteiger partial charge in [-0.25, -0.2) is 0 Å². The van der Waals surface area contributed by atoms with E-state index in [0.29, 0.717) is 19.3 Å². The van der Waals surface area contributed by atoms with Crippen LogP contribution in [-0.2, 0) is 28.6 Å². The fraction of sp³-hybridized carbons (Fsp3) is 0.716. The molecule has 0 aromatic carbocycles. The Morgan fingerprint density at radius 3 is 0.762 bits per heavy atom. The summed E-state index contributed by atoms with van der Waals surface area (Å²) in [4.78, 5) is 38.3. The third-order valence-corrected chi connectivity index (χ3v) is 14.5.